The van der Waals surface area contributed by atoms with Crippen LogP contribution >= 0.6 is 0 Å². The van der Waals surface area contributed by atoms with E-state index in [0.29, 0.717) is 0 Å². The van der Waals surface area contributed by atoms with E-state index in [1.165, 1.54) is 0 Å². The second kappa shape index (κ2) is 4.20. The van der Waals surface area contributed by atoms with Crippen molar-refractivity contribution in [2.75, 3.05) is 6.61 Å². The van der Waals surface area contributed by atoms with Crippen LogP contribution in [0.3, 0.4) is 0 Å². The molecule has 0 fully saturated rings. The molecule has 12 heavy (non-hydrogen) atoms. The predicted octanol–water partition coefficient (Wildman–Crippen LogP) is 1.47. The van der Waals surface area contributed by atoms with Crippen LogP contribution in [-0.4, -0.2) is 19.8 Å². The first kappa shape index (κ1) is 11.9. The van der Waals surface area contributed by atoms with E-state index in [-0.39, 0.29) is 6.61 Å². The topological polar surface area (TPSA) is 52.6 Å². The molecule has 0 heterocycles. The Bertz CT molecular complexity index is 212. The molecule has 0 spiro atoms. The summed E-state index contributed by atoms with van der Waals surface area (Å²) in [6, 6.07) is 0. The van der Waals surface area contributed by atoms with Crippen molar-refractivity contribution in [3.05, 3.63) is 0 Å². The quantitative estimate of drug-likeness (QED) is 0.388. The van der Waals surface area contributed by atoms with E-state index < -0.39 is 14.9 Å². The third-order valence-electron chi connectivity index (χ3n) is 1.18. The van der Waals surface area contributed by atoms with Gasteiger partial charge in [0, 0.05) is 0 Å². The van der Waals surface area contributed by atoms with Gasteiger partial charge in [-0.2, -0.15) is 8.42 Å². The first-order valence-electron chi connectivity index (χ1n) is 3.87. The average Bonchev–Trinajstić information content (AvgIpc) is 1.85. The van der Waals surface area contributed by atoms with Crippen LogP contribution in [0.1, 0.15) is 34.1 Å². The molecule has 0 aliphatic heterocycles. The molecule has 0 aliphatic carbocycles. The fourth-order valence-corrected chi connectivity index (χ4v) is 0.682. The maximum Gasteiger partial charge on any atom is 0.298 e. The van der Waals surface area contributed by atoms with Crippen molar-refractivity contribution in [3.63, 3.8) is 0 Å². The molecule has 5 heteroatoms. The van der Waals surface area contributed by atoms with Crippen LogP contribution < -0.4 is 0 Å². The van der Waals surface area contributed by atoms with Crippen molar-refractivity contribution in [1.29, 1.82) is 0 Å². The highest BCUT2D eigenvalue weighted by molar-refractivity contribution is 7.88. The summed E-state index contributed by atoms with van der Waals surface area (Å²) >= 11 is 0. The zero-order chi connectivity index (χ0) is 9.83. The summed E-state index contributed by atoms with van der Waals surface area (Å²) in [6.07, 6.45) is 0.722. The normalized spacial score (nSPS) is 13.3. The summed E-state index contributed by atoms with van der Waals surface area (Å²) in [5.41, 5.74) is 0. The third-order valence-corrected chi connectivity index (χ3v) is 2.95. The Morgan fingerprint density at radius 3 is 2.08 bits per heavy atom. The molecular formula is C7H16O4S. The fraction of sp³-hybridized carbons (Fsp3) is 1.00. The minimum absolute atomic E-state index is 0.287. The molecular weight excluding hydrogens is 180 g/mol. The van der Waals surface area contributed by atoms with Crippen LogP contribution in [0.2, 0.25) is 0 Å². The molecule has 0 radical (unpaired) electrons. The Balaban J connectivity index is 4.08. The van der Waals surface area contributed by atoms with Crippen LogP contribution in [0.4, 0.5) is 0 Å². The van der Waals surface area contributed by atoms with Gasteiger partial charge in [-0.1, -0.05) is 6.92 Å². The standard InChI is InChI=1S/C7H16O4S/c1-5-6-10-11-12(8,9)7(2,3)4/h5-6H2,1-4H3. The van der Waals surface area contributed by atoms with Crippen LogP contribution in [0.5, 0.6) is 0 Å². The van der Waals surface area contributed by atoms with Gasteiger partial charge in [-0.3, -0.25) is 0 Å². The molecule has 0 aliphatic rings. The zero-order valence-corrected chi connectivity index (χ0v) is 8.77. The predicted molar refractivity (Wildman–Crippen MR) is 46.0 cm³/mol. The molecule has 0 N–H and O–H groups in total. The van der Waals surface area contributed by atoms with Gasteiger partial charge in [0.25, 0.3) is 10.1 Å². The van der Waals surface area contributed by atoms with E-state index in [4.69, 9.17) is 0 Å². The summed E-state index contributed by atoms with van der Waals surface area (Å²) in [5, 5.41) is 0. The minimum Gasteiger partial charge on any atom is -0.220 e. The van der Waals surface area contributed by atoms with Gasteiger partial charge in [-0.05, 0) is 27.2 Å². The fourth-order valence-electron chi connectivity index (χ4n) is 0.283. The molecule has 0 amide bonds. The van der Waals surface area contributed by atoms with E-state index in [1.54, 1.807) is 20.8 Å². The largest absolute Gasteiger partial charge is 0.298 e. The zero-order valence-electron chi connectivity index (χ0n) is 7.96. The lowest BCUT2D eigenvalue weighted by atomic mass is 10.3. The van der Waals surface area contributed by atoms with Gasteiger partial charge in [0.15, 0.2) is 0 Å². The lowest BCUT2D eigenvalue weighted by molar-refractivity contribution is -0.202. The smallest absolute Gasteiger partial charge is 0.220 e. The van der Waals surface area contributed by atoms with E-state index in [0.717, 1.165) is 6.42 Å². The van der Waals surface area contributed by atoms with Gasteiger partial charge >= 0.3 is 0 Å². The lowest BCUT2D eigenvalue weighted by Gasteiger charge is -2.16. The van der Waals surface area contributed by atoms with Crippen molar-refractivity contribution in [3.8, 4) is 0 Å². The third kappa shape index (κ3) is 3.51. The highest BCUT2D eigenvalue weighted by Gasteiger charge is 2.31. The maximum absolute atomic E-state index is 11.2. The minimum atomic E-state index is -3.59. The summed E-state index contributed by atoms with van der Waals surface area (Å²) in [5.74, 6) is 0. The lowest BCUT2D eigenvalue weighted by Crippen LogP contribution is -2.29. The van der Waals surface area contributed by atoms with Crippen molar-refractivity contribution in [1.82, 2.24) is 0 Å². The number of hydrogen-bond donors (Lipinski definition) is 0. The first-order chi connectivity index (χ1) is 5.31. The Hall–Kier alpha value is -0.130. The van der Waals surface area contributed by atoms with Crippen LogP contribution in [0, 0.1) is 0 Å². The summed E-state index contributed by atoms with van der Waals surface area (Å²) in [6.45, 7) is 6.81. The molecule has 0 aromatic carbocycles. The Morgan fingerprint density at radius 2 is 1.75 bits per heavy atom. The van der Waals surface area contributed by atoms with Crippen molar-refractivity contribution < 1.29 is 17.6 Å². The molecule has 0 unspecified atom stereocenters. The highest BCUT2D eigenvalue weighted by atomic mass is 32.2. The summed E-state index contributed by atoms with van der Waals surface area (Å²) < 4.78 is 25.7. The van der Waals surface area contributed by atoms with Gasteiger partial charge in [-0.25, -0.2) is 4.89 Å². The van der Waals surface area contributed by atoms with Gasteiger partial charge in [-0.15, -0.1) is 4.33 Å². The van der Waals surface area contributed by atoms with Crippen molar-refractivity contribution in [2.24, 2.45) is 0 Å². The van der Waals surface area contributed by atoms with Crippen LogP contribution in [0.15, 0.2) is 0 Å². The van der Waals surface area contributed by atoms with Crippen LogP contribution in [-0.2, 0) is 19.3 Å². The summed E-state index contributed by atoms with van der Waals surface area (Å²) in [4.78, 5) is 4.49. The maximum atomic E-state index is 11.2. The van der Waals surface area contributed by atoms with Gasteiger partial charge in [0.05, 0.1) is 11.4 Å². The molecule has 0 saturated carbocycles. The molecule has 74 valence electrons. The Labute approximate surface area is 73.9 Å². The second-order valence-corrected chi connectivity index (χ2v) is 5.73. The second-order valence-electron chi connectivity index (χ2n) is 3.46. The van der Waals surface area contributed by atoms with E-state index >= 15 is 0 Å². The van der Waals surface area contributed by atoms with E-state index in [2.05, 4.69) is 9.22 Å². The average molecular weight is 196 g/mol. The monoisotopic (exact) mass is 196 g/mol. The van der Waals surface area contributed by atoms with Crippen LogP contribution in [0.25, 0.3) is 0 Å². The number of hydrogen-bond acceptors (Lipinski definition) is 4. The van der Waals surface area contributed by atoms with Crippen molar-refractivity contribution >= 4 is 10.1 Å². The molecule has 0 bridgehead atoms. The first-order valence-corrected chi connectivity index (χ1v) is 5.27. The van der Waals surface area contributed by atoms with E-state index in [9.17, 15) is 8.42 Å². The molecule has 4 nitrogen and oxygen atoms in total. The van der Waals surface area contributed by atoms with Gasteiger partial charge in [0.1, 0.15) is 0 Å². The number of rotatable bonds is 4. The Kier molecular flexibility index (Phi) is 4.16. The van der Waals surface area contributed by atoms with Gasteiger partial charge < -0.3 is 0 Å². The molecule has 0 rings (SSSR count). The molecule has 0 saturated heterocycles. The SMILES string of the molecule is CCCOOS(=O)(=O)C(C)(C)C. The Morgan fingerprint density at radius 1 is 1.25 bits per heavy atom. The molecule has 0 atom stereocenters. The van der Waals surface area contributed by atoms with Crippen molar-refractivity contribution in [2.45, 2.75) is 38.9 Å². The van der Waals surface area contributed by atoms with E-state index in [1.807, 2.05) is 6.92 Å². The molecule has 0 aromatic rings. The molecule has 0 aromatic heterocycles. The van der Waals surface area contributed by atoms with Gasteiger partial charge in [0.2, 0.25) is 0 Å². The summed E-state index contributed by atoms with van der Waals surface area (Å²) in [7, 11) is -3.59. The highest BCUT2D eigenvalue weighted by Crippen LogP contribution is 2.16.